The quantitative estimate of drug-likeness (QED) is 0.522. The fourth-order valence-electron chi connectivity index (χ4n) is 3.52. The van der Waals surface area contributed by atoms with Crippen LogP contribution in [0.15, 0.2) is 61.1 Å². The van der Waals surface area contributed by atoms with E-state index in [4.69, 9.17) is 10.00 Å². The molecule has 5 rings (SSSR count). The van der Waals surface area contributed by atoms with Crippen molar-refractivity contribution in [2.45, 2.75) is 13.0 Å². The van der Waals surface area contributed by atoms with Gasteiger partial charge in [-0.3, -0.25) is 10.1 Å². The van der Waals surface area contributed by atoms with Gasteiger partial charge >= 0.3 is 0 Å². The molecule has 28 heavy (non-hydrogen) atoms. The number of hydrogen-bond acceptors (Lipinski definition) is 5. The van der Waals surface area contributed by atoms with Crippen molar-refractivity contribution in [1.82, 2.24) is 20.2 Å². The monoisotopic (exact) mass is 365 g/mol. The maximum Gasteiger partial charge on any atom is 0.140 e. The topological polar surface area (TPSA) is 87.5 Å². The molecule has 3 aromatic heterocycles. The Morgan fingerprint density at radius 1 is 1.11 bits per heavy atom. The molecule has 6 nitrogen and oxygen atoms in total. The molecule has 0 spiro atoms. The van der Waals surface area contributed by atoms with Crippen LogP contribution in [0.25, 0.3) is 22.5 Å². The fourth-order valence-corrected chi connectivity index (χ4v) is 3.52. The fraction of sp³-hybridized carbons (Fsp3) is 0.0909. The molecule has 6 heteroatoms. The molecule has 0 saturated heterocycles. The zero-order valence-electron chi connectivity index (χ0n) is 14.9. The minimum Gasteiger partial charge on any atom is -0.489 e. The molecule has 134 valence electrons. The summed E-state index contributed by atoms with van der Waals surface area (Å²) < 4.78 is 5.83. The number of pyridine rings is 2. The predicted molar refractivity (Wildman–Crippen MR) is 103 cm³/mol. The summed E-state index contributed by atoms with van der Waals surface area (Å²) in [5.74, 6) is 0.806. The van der Waals surface area contributed by atoms with E-state index in [1.54, 1.807) is 24.7 Å². The Kier molecular flexibility index (Phi) is 3.84. The molecule has 0 unspecified atom stereocenters. The van der Waals surface area contributed by atoms with E-state index in [2.05, 4.69) is 38.4 Å². The highest BCUT2D eigenvalue weighted by atomic mass is 16.5. The summed E-state index contributed by atoms with van der Waals surface area (Å²) in [7, 11) is 0. The number of fused-ring (bicyclic) bond motifs is 3. The Bertz CT molecular complexity index is 1190. The number of H-pyrrole nitrogens is 1. The third-order valence-corrected chi connectivity index (χ3v) is 4.88. The number of aromatic nitrogens is 4. The van der Waals surface area contributed by atoms with Crippen LogP contribution in [-0.2, 0) is 13.0 Å². The van der Waals surface area contributed by atoms with Gasteiger partial charge in [0.1, 0.15) is 24.1 Å². The van der Waals surface area contributed by atoms with Crippen LogP contribution in [0.3, 0.4) is 0 Å². The Morgan fingerprint density at radius 2 is 2.00 bits per heavy atom. The van der Waals surface area contributed by atoms with Crippen LogP contribution in [0, 0.1) is 11.3 Å². The Hall–Kier alpha value is -3.98. The third kappa shape index (κ3) is 2.79. The van der Waals surface area contributed by atoms with Gasteiger partial charge in [-0.1, -0.05) is 18.2 Å². The van der Waals surface area contributed by atoms with E-state index in [9.17, 15) is 0 Å². The molecular weight excluding hydrogens is 350 g/mol. The van der Waals surface area contributed by atoms with E-state index in [1.807, 2.05) is 24.3 Å². The Balaban J connectivity index is 1.40. The Morgan fingerprint density at radius 3 is 2.79 bits per heavy atom. The van der Waals surface area contributed by atoms with Gasteiger partial charge in [0, 0.05) is 41.7 Å². The smallest absolute Gasteiger partial charge is 0.140 e. The molecule has 1 aromatic carbocycles. The lowest BCUT2D eigenvalue weighted by molar-refractivity contribution is 0.306. The Labute approximate surface area is 161 Å². The molecule has 0 atom stereocenters. The number of aromatic amines is 1. The number of nitriles is 1. The second-order valence-electron chi connectivity index (χ2n) is 6.61. The van der Waals surface area contributed by atoms with Gasteiger partial charge in [-0.2, -0.15) is 10.4 Å². The summed E-state index contributed by atoms with van der Waals surface area (Å²) in [5.41, 5.74) is 7.95. The van der Waals surface area contributed by atoms with Crippen LogP contribution in [0.2, 0.25) is 0 Å². The van der Waals surface area contributed by atoms with Crippen molar-refractivity contribution in [1.29, 1.82) is 5.26 Å². The summed E-state index contributed by atoms with van der Waals surface area (Å²) in [6, 6.07) is 15.7. The molecule has 1 aliphatic carbocycles. The van der Waals surface area contributed by atoms with Gasteiger partial charge in [0.25, 0.3) is 0 Å². The molecule has 1 aliphatic rings. The average molecular weight is 365 g/mol. The number of ether oxygens (including phenoxy) is 1. The van der Waals surface area contributed by atoms with Crippen LogP contribution in [0.1, 0.15) is 22.4 Å². The van der Waals surface area contributed by atoms with Gasteiger partial charge in [-0.25, -0.2) is 4.98 Å². The normalized spacial score (nSPS) is 11.5. The van der Waals surface area contributed by atoms with Crippen LogP contribution in [-0.4, -0.2) is 20.2 Å². The number of nitrogens with zero attached hydrogens (tertiary/aromatic N) is 4. The van der Waals surface area contributed by atoms with Crippen LogP contribution in [0.5, 0.6) is 5.75 Å². The van der Waals surface area contributed by atoms with Gasteiger partial charge in [0.05, 0.1) is 11.4 Å². The van der Waals surface area contributed by atoms with Crippen molar-refractivity contribution in [2.24, 2.45) is 0 Å². The van der Waals surface area contributed by atoms with Gasteiger partial charge < -0.3 is 4.74 Å². The first-order valence-corrected chi connectivity index (χ1v) is 8.90. The molecule has 0 aliphatic heterocycles. The SMILES string of the molecule is N#Cc1ccc(-c2n[nH]c3c2Cc2cc(COc4ccncc4)ccc2-3)cn1. The van der Waals surface area contributed by atoms with Crippen molar-refractivity contribution in [3.8, 4) is 34.3 Å². The van der Waals surface area contributed by atoms with E-state index >= 15 is 0 Å². The van der Waals surface area contributed by atoms with Gasteiger partial charge in [0.2, 0.25) is 0 Å². The molecule has 3 heterocycles. The summed E-state index contributed by atoms with van der Waals surface area (Å²) >= 11 is 0. The molecule has 0 radical (unpaired) electrons. The summed E-state index contributed by atoms with van der Waals surface area (Å²) in [5, 5.41) is 16.6. The van der Waals surface area contributed by atoms with E-state index in [1.165, 1.54) is 11.1 Å². The van der Waals surface area contributed by atoms with Crippen LogP contribution >= 0.6 is 0 Å². The second-order valence-corrected chi connectivity index (χ2v) is 6.61. The maximum absolute atomic E-state index is 8.93. The molecular formula is C22H15N5O. The van der Waals surface area contributed by atoms with Crippen molar-refractivity contribution in [3.63, 3.8) is 0 Å². The zero-order valence-corrected chi connectivity index (χ0v) is 14.9. The van der Waals surface area contributed by atoms with E-state index in [0.717, 1.165) is 40.2 Å². The summed E-state index contributed by atoms with van der Waals surface area (Å²) in [4.78, 5) is 8.16. The second kappa shape index (κ2) is 6.63. The number of benzene rings is 1. The van der Waals surface area contributed by atoms with Crippen molar-refractivity contribution >= 4 is 0 Å². The van der Waals surface area contributed by atoms with Crippen LogP contribution in [0.4, 0.5) is 0 Å². The minimum absolute atomic E-state index is 0.401. The number of hydrogen-bond donors (Lipinski definition) is 1. The number of nitrogens with one attached hydrogen (secondary N) is 1. The van der Waals surface area contributed by atoms with E-state index in [0.29, 0.717) is 12.3 Å². The third-order valence-electron chi connectivity index (χ3n) is 4.88. The minimum atomic E-state index is 0.401. The molecule has 0 fully saturated rings. The summed E-state index contributed by atoms with van der Waals surface area (Å²) in [6.45, 7) is 0.510. The molecule has 0 saturated carbocycles. The van der Waals surface area contributed by atoms with E-state index in [-0.39, 0.29) is 0 Å². The largest absolute Gasteiger partial charge is 0.489 e. The lowest BCUT2D eigenvalue weighted by Crippen LogP contribution is -1.97. The predicted octanol–water partition coefficient (Wildman–Crippen LogP) is 3.89. The maximum atomic E-state index is 8.93. The lowest BCUT2D eigenvalue weighted by atomic mass is 10.1. The highest BCUT2D eigenvalue weighted by Crippen LogP contribution is 2.40. The van der Waals surface area contributed by atoms with Gasteiger partial charge in [-0.05, 0) is 35.4 Å². The van der Waals surface area contributed by atoms with Crippen molar-refractivity contribution in [3.05, 3.63) is 83.4 Å². The van der Waals surface area contributed by atoms with Crippen LogP contribution < -0.4 is 4.74 Å². The van der Waals surface area contributed by atoms with Gasteiger partial charge in [0.15, 0.2) is 0 Å². The highest BCUT2D eigenvalue weighted by molar-refractivity contribution is 5.81. The first-order valence-electron chi connectivity index (χ1n) is 8.90. The first kappa shape index (κ1) is 16.2. The molecule has 1 N–H and O–H groups in total. The lowest BCUT2D eigenvalue weighted by Gasteiger charge is -2.08. The number of rotatable bonds is 4. The summed E-state index contributed by atoms with van der Waals surface area (Å²) in [6.07, 6.45) is 5.94. The molecule has 4 aromatic rings. The molecule has 0 amide bonds. The van der Waals surface area contributed by atoms with Crippen molar-refractivity contribution < 1.29 is 4.74 Å². The van der Waals surface area contributed by atoms with Crippen molar-refractivity contribution in [2.75, 3.05) is 0 Å². The van der Waals surface area contributed by atoms with E-state index < -0.39 is 0 Å². The standard InChI is InChI=1S/C22H15N5O/c23-11-17-3-2-15(12-25-17)21-20-10-16-9-14(1-4-19(16)22(20)27-26-21)13-28-18-5-7-24-8-6-18/h1-9,12H,10,13H2,(H,26,27). The van der Waals surface area contributed by atoms with Gasteiger partial charge in [-0.15, -0.1) is 0 Å². The average Bonchev–Trinajstić information content (AvgIpc) is 3.32. The highest BCUT2D eigenvalue weighted by Gasteiger charge is 2.25. The first-order chi connectivity index (χ1) is 13.8. The molecule has 0 bridgehead atoms. The zero-order chi connectivity index (χ0) is 18.9.